The molecule has 0 heterocycles. The van der Waals surface area contributed by atoms with Crippen LogP contribution < -0.4 is 9.16 Å². The minimum absolute atomic E-state index is 0.184. The Morgan fingerprint density at radius 2 is 1.33 bits per heavy atom. The molecule has 1 aromatic rings. The van der Waals surface area contributed by atoms with Crippen LogP contribution in [0.4, 0.5) is 0 Å². The Balaban J connectivity index is 4.01. The summed E-state index contributed by atoms with van der Waals surface area (Å²) in [6, 6.07) is 0. The topological polar surface area (TPSA) is 35.5 Å². The first-order valence-electron chi connectivity index (χ1n) is 7.38. The Kier molecular flexibility index (Phi) is 6.02. The van der Waals surface area contributed by atoms with Crippen LogP contribution in [0.15, 0.2) is 0 Å². The summed E-state index contributed by atoms with van der Waals surface area (Å²) in [5, 5.41) is 0. The fourth-order valence-corrected chi connectivity index (χ4v) is 3.17. The zero-order chi connectivity index (χ0) is 16.3. The maximum Gasteiger partial charge on any atom is 0.341 e. The molecule has 0 unspecified atom stereocenters. The number of hydrogen-bond donors (Lipinski definition) is 0. The average Bonchev–Trinajstić information content (AvgIpc) is 2.42. The van der Waals surface area contributed by atoms with E-state index in [4.69, 9.17) is 9.16 Å². The molecule has 0 N–H and O–H groups in total. The molecule has 1 rings (SSSR count). The van der Waals surface area contributed by atoms with Crippen LogP contribution in [0.5, 0.6) is 11.5 Å². The highest BCUT2D eigenvalue weighted by Crippen LogP contribution is 2.47. The van der Waals surface area contributed by atoms with Crippen LogP contribution in [0.2, 0.25) is 0 Å². The van der Waals surface area contributed by atoms with Gasteiger partial charge in [0.1, 0.15) is 11.5 Å². The van der Waals surface area contributed by atoms with E-state index in [2.05, 4.69) is 52.0 Å². The van der Waals surface area contributed by atoms with Gasteiger partial charge in [0.15, 0.2) is 6.29 Å². The lowest BCUT2D eigenvalue weighted by Gasteiger charge is -2.28. The summed E-state index contributed by atoms with van der Waals surface area (Å²) in [7, 11) is 4.80. The molecule has 0 bridgehead atoms. The van der Waals surface area contributed by atoms with Crippen LogP contribution in [0, 0.1) is 0 Å². The molecule has 0 aromatic heterocycles. The van der Waals surface area contributed by atoms with Crippen molar-refractivity contribution in [1.82, 2.24) is 0 Å². The molecule has 0 spiro atoms. The van der Waals surface area contributed by atoms with E-state index >= 15 is 0 Å². The molecule has 1 aromatic carbocycles. The lowest BCUT2D eigenvalue weighted by atomic mass is 9.82. The van der Waals surface area contributed by atoms with Crippen LogP contribution in [-0.2, 0) is 0 Å². The van der Waals surface area contributed by atoms with Crippen LogP contribution in [0.25, 0.3) is 0 Å². The van der Waals surface area contributed by atoms with Gasteiger partial charge in [-0.15, -0.1) is 0 Å². The van der Waals surface area contributed by atoms with Gasteiger partial charge in [0.05, 0.1) is 12.7 Å². The van der Waals surface area contributed by atoms with Crippen molar-refractivity contribution in [3.05, 3.63) is 22.3 Å². The fourth-order valence-electron chi connectivity index (χ4n) is 2.95. The number of carbonyl (C=O) groups excluding carboxylic acids is 1. The van der Waals surface area contributed by atoms with Gasteiger partial charge in [-0.05, 0) is 28.9 Å². The molecule has 0 saturated heterocycles. The molecule has 0 atom stereocenters. The van der Waals surface area contributed by atoms with Gasteiger partial charge >= 0.3 is 10.5 Å². The Bertz CT molecular complexity index is 520. The highest BCUT2D eigenvalue weighted by molar-refractivity contribution is 6.00. The van der Waals surface area contributed by atoms with Crippen molar-refractivity contribution in [3.8, 4) is 11.5 Å². The van der Waals surface area contributed by atoms with Gasteiger partial charge < -0.3 is 9.16 Å². The van der Waals surface area contributed by atoms with E-state index in [1.54, 1.807) is 7.11 Å². The van der Waals surface area contributed by atoms with Crippen molar-refractivity contribution in [2.45, 2.75) is 59.3 Å². The number of rotatable bonds is 6. The van der Waals surface area contributed by atoms with Crippen molar-refractivity contribution < 1.29 is 14.0 Å². The third kappa shape index (κ3) is 3.15. The van der Waals surface area contributed by atoms with E-state index < -0.39 is 0 Å². The van der Waals surface area contributed by atoms with Gasteiger partial charge in [-0.1, -0.05) is 41.5 Å². The Hall–Kier alpha value is -1.29. The zero-order valence-electron chi connectivity index (χ0n) is 14.0. The summed E-state index contributed by atoms with van der Waals surface area (Å²) in [6.45, 7) is 12.5. The summed E-state index contributed by atoms with van der Waals surface area (Å²) in [5.41, 5.74) is 3.66. The Morgan fingerprint density at radius 3 is 1.62 bits per heavy atom. The highest BCUT2D eigenvalue weighted by atomic mass is 28.2. The summed E-state index contributed by atoms with van der Waals surface area (Å²) in [4.78, 5) is 11.7. The maximum absolute atomic E-state index is 11.7. The number of aldehydes is 1. The summed E-state index contributed by atoms with van der Waals surface area (Å²) < 4.78 is 11.1. The zero-order valence-corrected chi connectivity index (χ0v) is 15.0. The SMILES string of the molecule is COc1c(C=O)c(C(C)C)c(C(C)C)c(O[Si])c1C(C)C. The second kappa shape index (κ2) is 7.12. The molecule has 3 nitrogen and oxygen atoms in total. The van der Waals surface area contributed by atoms with Crippen molar-refractivity contribution in [2.75, 3.05) is 7.11 Å². The third-order valence-corrected chi connectivity index (χ3v) is 3.92. The van der Waals surface area contributed by atoms with Gasteiger partial charge in [0.2, 0.25) is 0 Å². The summed E-state index contributed by atoms with van der Waals surface area (Å²) in [5.74, 6) is 2.04. The van der Waals surface area contributed by atoms with Gasteiger partial charge in [-0.25, -0.2) is 0 Å². The van der Waals surface area contributed by atoms with Crippen LogP contribution in [0.3, 0.4) is 0 Å². The van der Waals surface area contributed by atoms with Crippen LogP contribution >= 0.6 is 0 Å². The van der Waals surface area contributed by atoms with Crippen LogP contribution in [-0.4, -0.2) is 23.9 Å². The highest BCUT2D eigenvalue weighted by Gasteiger charge is 2.28. The molecular weight excluding hydrogens is 280 g/mol. The van der Waals surface area contributed by atoms with E-state index in [1.165, 1.54) is 0 Å². The predicted octanol–water partition coefficient (Wildman–Crippen LogP) is 4.34. The molecule has 0 amide bonds. The first-order valence-corrected chi connectivity index (χ1v) is 7.78. The molecule has 0 fully saturated rings. The average molecular weight is 305 g/mol. The van der Waals surface area contributed by atoms with E-state index in [0.29, 0.717) is 11.3 Å². The second-order valence-electron chi connectivity index (χ2n) is 6.20. The Labute approximate surface area is 131 Å². The van der Waals surface area contributed by atoms with Crippen molar-refractivity contribution in [1.29, 1.82) is 0 Å². The van der Waals surface area contributed by atoms with E-state index in [-0.39, 0.29) is 17.8 Å². The molecule has 0 saturated carbocycles. The standard InChI is InChI=1S/C17H25O3Si/c1-9(2)13-12(8-18)16(19-7)15(11(5)6)17(20-21)14(13)10(3)4/h8-11H,1-7H3. The minimum Gasteiger partial charge on any atom is -0.540 e. The molecule has 0 aliphatic rings. The number of methoxy groups -OCH3 is 1. The van der Waals surface area contributed by atoms with Crippen molar-refractivity contribution in [2.24, 2.45) is 0 Å². The second-order valence-corrected chi connectivity index (χ2v) is 6.41. The largest absolute Gasteiger partial charge is 0.540 e. The normalized spacial score (nSPS) is 11.4. The third-order valence-electron chi connectivity index (χ3n) is 3.71. The van der Waals surface area contributed by atoms with Crippen LogP contribution in [0.1, 0.15) is 86.3 Å². The number of benzene rings is 1. The Morgan fingerprint density at radius 1 is 0.857 bits per heavy atom. The number of ether oxygens (including phenoxy) is 1. The first kappa shape index (κ1) is 17.8. The van der Waals surface area contributed by atoms with Gasteiger partial charge in [-0.2, -0.15) is 0 Å². The van der Waals surface area contributed by atoms with E-state index in [1.807, 2.05) is 0 Å². The quantitative estimate of drug-likeness (QED) is 0.579. The van der Waals surface area contributed by atoms with E-state index in [9.17, 15) is 4.79 Å². The summed E-state index contributed by atoms with van der Waals surface area (Å²) >= 11 is 0. The van der Waals surface area contributed by atoms with Crippen molar-refractivity contribution >= 4 is 16.8 Å². The van der Waals surface area contributed by atoms with Gasteiger partial charge in [0, 0.05) is 5.56 Å². The molecule has 115 valence electrons. The molecule has 3 radical (unpaired) electrons. The summed E-state index contributed by atoms with van der Waals surface area (Å²) in [6.07, 6.45) is 0.906. The molecule has 0 aliphatic carbocycles. The first-order chi connectivity index (χ1) is 9.81. The molecule has 0 aliphatic heterocycles. The number of carbonyl (C=O) groups is 1. The lowest BCUT2D eigenvalue weighted by Crippen LogP contribution is -2.12. The number of hydrogen-bond acceptors (Lipinski definition) is 3. The van der Waals surface area contributed by atoms with Gasteiger partial charge in [0.25, 0.3) is 0 Å². The monoisotopic (exact) mass is 305 g/mol. The molecule has 21 heavy (non-hydrogen) atoms. The maximum atomic E-state index is 11.7. The van der Waals surface area contributed by atoms with Crippen molar-refractivity contribution in [3.63, 3.8) is 0 Å². The fraction of sp³-hybridized carbons (Fsp3) is 0.588. The molecular formula is C17H25O3Si. The smallest absolute Gasteiger partial charge is 0.341 e. The van der Waals surface area contributed by atoms with Gasteiger partial charge in [-0.3, -0.25) is 4.79 Å². The van der Waals surface area contributed by atoms with E-state index in [0.717, 1.165) is 28.7 Å². The minimum atomic E-state index is 0.184. The molecule has 4 heteroatoms. The lowest BCUT2D eigenvalue weighted by molar-refractivity contribution is 0.111. The predicted molar refractivity (Wildman–Crippen MR) is 87.0 cm³/mol.